The van der Waals surface area contributed by atoms with Gasteiger partial charge in [0.2, 0.25) is 5.91 Å². The predicted octanol–water partition coefficient (Wildman–Crippen LogP) is 1.61. The van der Waals surface area contributed by atoms with Crippen LogP contribution in [0.25, 0.3) is 0 Å². The van der Waals surface area contributed by atoms with E-state index >= 15 is 0 Å². The van der Waals surface area contributed by atoms with Crippen molar-refractivity contribution in [1.29, 1.82) is 0 Å². The maximum absolute atomic E-state index is 11.3. The van der Waals surface area contributed by atoms with Crippen molar-refractivity contribution in [3.63, 3.8) is 0 Å². The normalized spacial score (nSPS) is 20.1. The first kappa shape index (κ1) is 8.57. The van der Waals surface area contributed by atoms with Gasteiger partial charge in [-0.15, -0.1) is 0 Å². The number of likely N-dealkylation sites (tertiary alicyclic amines) is 1. The van der Waals surface area contributed by atoms with E-state index < -0.39 is 0 Å². The SMILES string of the molecule is [CH2]CCN1CCCCCC1=O. The number of carbonyl (C=O) groups is 1. The van der Waals surface area contributed by atoms with E-state index in [1.54, 1.807) is 0 Å². The maximum atomic E-state index is 11.3. The molecule has 0 unspecified atom stereocenters. The number of carbonyl (C=O) groups excluding carboxylic acids is 1. The molecule has 1 heterocycles. The van der Waals surface area contributed by atoms with E-state index in [1.807, 2.05) is 4.90 Å². The number of nitrogens with zero attached hydrogens (tertiary/aromatic N) is 1. The van der Waals surface area contributed by atoms with Gasteiger partial charge in [0.05, 0.1) is 0 Å². The van der Waals surface area contributed by atoms with Gasteiger partial charge in [0.25, 0.3) is 0 Å². The predicted molar refractivity (Wildman–Crippen MR) is 45.0 cm³/mol. The second-order valence-corrected chi connectivity index (χ2v) is 3.05. The molecule has 1 amide bonds. The lowest BCUT2D eigenvalue weighted by Crippen LogP contribution is -2.30. The van der Waals surface area contributed by atoms with Gasteiger partial charge in [-0.2, -0.15) is 0 Å². The van der Waals surface area contributed by atoms with Crippen LogP contribution in [-0.4, -0.2) is 23.9 Å². The van der Waals surface area contributed by atoms with Gasteiger partial charge in [0, 0.05) is 19.5 Å². The smallest absolute Gasteiger partial charge is 0.222 e. The molecule has 11 heavy (non-hydrogen) atoms. The zero-order valence-corrected chi connectivity index (χ0v) is 7.01. The van der Waals surface area contributed by atoms with Crippen LogP contribution in [0.4, 0.5) is 0 Å². The number of rotatable bonds is 2. The Morgan fingerprint density at radius 3 is 2.91 bits per heavy atom. The fourth-order valence-electron chi connectivity index (χ4n) is 1.47. The molecule has 2 heteroatoms. The fraction of sp³-hybridized carbons (Fsp3) is 0.778. The molecule has 0 bridgehead atoms. The number of hydrogen-bond donors (Lipinski definition) is 0. The van der Waals surface area contributed by atoms with Crippen LogP contribution in [-0.2, 0) is 4.79 Å². The standard InChI is InChI=1S/C9H16NO/c1-2-7-10-8-5-3-4-6-9(10)11/h1-8H2. The van der Waals surface area contributed by atoms with Gasteiger partial charge in [0.15, 0.2) is 0 Å². The lowest BCUT2D eigenvalue weighted by molar-refractivity contribution is -0.130. The summed E-state index contributed by atoms with van der Waals surface area (Å²) in [6.07, 6.45) is 5.04. The van der Waals surface area contributed by atoms with E-state index in [4.69, 9.17) is 0 Å². The summed E-state index contributed by atoms with van der Waals surface area (Å²) in [5.41, 5.74) is 0. The van der Waals surface area contributed by atoms with Gasteiger partial charge in [-0.05, 0) is 19.3 Å². The quantitative estimate of drug-likeness (QED) is 0.591. The minimum Gasteiger partial charge on any atom is -0.343 e. The molecule has 2 nitrogen and oxygen atoms in total. The Morgan fingerprint density at radius 1 is 1.36 bits per heavy atom. The zero-order chi connectivity index (χ0) is 8.10. The Balaban J connectivity index is 2.39. The van der Waals surface area contributed by atoms with Crippen LogP contribution in [0, 0.1) is 6.92 Å². The van der Waals surface area contributed by atoms with Crippen molar-refractivity contribution in [1.82, 2.24) is 4.90 Å². The molecule has 0 aromatic rings. The van der Waals surface area contributed by atoms with Crippen molar-refractivity contribution in [3.05, 3.63) is 6.92 Å². The van der Waals surface area contributed by atoms with Gasteiger partial charge >= 0.3 is 0 Å². The summed E-state index contributed by atoms with van der Waals surface area (Å²) >= 11 is 0. The molecule has 1 radical (unpaired) electrons. The Morgan fingerprint density at radius 2 is 2.18 bits per heavy atom. The molecule has 0 N–H and O–H groups in total. The molecule has 0 aromatic heterocycles. The van der Waals surface area contributed by atoms with Crippen LogP contribution in [0.2, 0.25) is 0 Å². The first-order chi connectivity index (χ1) is 5.34. The number of hydrogen-bond acceptors (Lipinski definition) is 1. The highest BCUT2D eigenvalue weighted by atomic mass is 16.2. The largest absolute Gasteiger partial charge is 0.343 e. The molecule has 0 aromatic carbocycles. The van der Waals surface area contributed by atoms with Crippen molar-refractivity contribution in [2.45, 2.75) is 32.1 Å². The van der Waals surface area contributed by atoms with Crippen LogP contribution >= 0.6 is 0 Å². The van der Waals surface area contributed by atoms with Gasteiger partial charge in [0.1, 0.15) is 0 Å². The fourth-order valence-corrected chi connectivity index (χ4v) is 1.47. The van der Waals surface area contributed by atoms with E-state index in [2.05, 4.69) is 6.92 Å². The minimum absolute atomic E-state index is 0.325. The van der Waals surface area contributed by atoms with Crippen LogP contribution < -0.4 is 0 Å². The van der Waals surface area contributed by atoms with Crippen LogP contribution in [0.5, 0.6) is 0 Å². The third-order valence-corrected chi connectivity index (χ3v) is 2.10. The summed E-state index contributed by atoms with van der Waals surface area (Å²) in [6.45, 7) is 5.55. The van der Waals surface area contributed by atoms with Crippen molar-refractivity contribution in [2.24, 2.45) is 0 Å². The topological polar surface area (TPSA) is 20.3 Å². The first-order valence-electron chi connectivity index (χ1n) is 4.41. The Kier molecular flexibility index (Phi) is 3.40. The van der Waals surface area contributed by atoms with Crippen molar-refractivity contribution in [2.75, 3.05) is 13.1 Å². The minimum atomic E-state index is 0.325. The van der Waals surface area contributed by atoms with E-state index in [1.165, 1.54) is 12.8 Å². The highest BCUT2D eigenvalue weighted by molar-refractivity contribution is 5.76. The Bertz CT molecular complexity index is 134. The van der Waals surface area contributed by atoms with E-state index in [9.17, 15) is 4.79 Å². The summed E-state index contributed by atoms with van der Waals surface area (Å²) in [6, 6.07) is 0. The van der Waals surface area contributed by atoms with Gasteiger partial charge in [-0.3, -0.25) is 4.79 Å². The number of amides is 1. The summed E-state index contributed by atoms with van der Waals surface area (Å²) in [5, 5.41) is 0. The molecule has 1 rings (SSSR count). The molecular weight excluding hydrogens is 138 g/mol. The third kappa shape index (κ3) is 2.52. The molecule has 1 fully saturated rings. The van der Waals surface area contributed by atoms with E-state index in [0.29, 0.717) is 5.91 Å². The maximum Gasteiger partial charge on any atom is 0.222 e. The van der Waals surface area contributed by atoms with E-state index in [-0.39, 0.29) is 0 Å². The molecule has 1 aliphatic rings. The summed E-state index contributed by atoms with van der Waals surface area (Å²) in [4.78, 5) is 13.2. The molecule has 63 valence electrons. The molecule has 0 atom stereocenters. The zero-order valence-electron chi connectivity index (χ0n) is 7.01. The average Bonchev–Trinajstić information content (AvgIpc) is 2.18. The monoisotopic (exact) mass is 154 g/mol. The average molecular weight is 154 g/mol. The third-order valence-electron chi connectivity index (χ3n) is 2.10. The van der Waals surface area contributed by atoms with Crippen LogP contribution in [0.15, 0.2) is 0 Å². The van der Waals surface area contributed by atoms with Crippen molar-refractivity contribution < 1.29 is 4.79 Å². The highest BCUT2D eigenvalue weighted by Crippen LogP contribution is 2.10. The molecule has 0 aliphatic carbocycles. The van der Waals surface area contributed by atoms with Crippen molar-refractivity contribution >= 4 is 5.91 Å². The van der Waals surface area contributed by atoms with Crippen molar-refractivity contribution in [3.8, 4) is 0 Å². The molecule has 1 saturated heterocycles. The second kappa shape index (κ2) is 4.37. The first-order valence-corrected chi connectivity index (χ1v) is 4.41. The Hall–Kier alpha value is -0.530. The van der Waals surface area contributed by atoms with Crippen LogP contribution in [0.1, 0.15) is 32.1 Å². The highest BCUT2D eigenvalue weighted by Gasteiger charge is 2.14. The molecular formula is C9H16NO. The molecule has 0 spiro atoms. The van der Waals surface area contributed by atoms with E-state index in [0.717, 1.165) is 32.4 Å². The Labute approximate surface area is 68.6 Å². The van der Waals surface area contributed by atoms with Gasteiger partial charge in [-0.25, -0.2) is 0 Å². The second-order valence-electron chi connectivity index (χ2n) is 3.05. The lowest BCUT2D eigenvalue weighted by Gasteiger charge is -2.18. The summed E-state index contributed by atoms with van der Waals surface area (Å²) < 4.78 is 0. The molecule has 0 saturated carbocycles. The summed E-state index contributed by atoms with van der Waals surface area (Å²) in [5.74, 6) is 0.325. The summed E-state index contributed by atoms with van der Waals surface area (Å²) in [7, 11) is 0. The molecule has 1 aliphatic heterocycles. The lowest BCUT2D eigenvalue weighted by atomic mass is 10.2. The van der Waals surface area contributed by atoms with Crippen LogP contribution in [0.3, 0.4) is 0 Å². The van der Waals surface area contributed by atoms with Gasteiger partial charge < -0.3 is 4.90 Å². The van der Waals surface area contributed by atoms with Gasteiger partial charge in [-0.1, -0.05) is 13.3 Å².